The van der Waals surface area contributed by atoms with Gasteiger partial charge in [0, 0.05) is 19.6 Å². The van der Waals surface area contributed by atoms with Crippen LogP contribution >= 0.6 is 23.2 Å². The van der Waals surface area contributed by atoms with E-state index in [1.165, 1.54) is 4.31 Å². The van der Waals surface area contributed by atoms with E-state index in [4.69, 9.17) is 32.7 Å². The van der Waals surface area contributed by atoms with E-state index in [1.807, 2.05) is 18.2 Å². The van der Waals surface area contributed by atoms with Crippen LogP contribution in [-0.4, -0.2) is 52.5 Å². The van der Waals surface area contributed by atoms with Crippen LogP contribution in [0.2, 0.25) is 10.0 Å². The molecule has 3 rings (SSSR count). The van der Waals surface area contributed by atoms with Crippen molar-refractivity contribution in [3.8, 4) is 11.5 Å². The summed E-state index contributed by atoms with van der Waals surface area (Å²) >= 11 is 11.9. The number of nitrogens with zero attached hydrogens (tertiary/aromatic N) is 1. The van der Waals surface area contributed by atoms with E-state index >= 15 is 0 Å². The van der Waals surface area contributed by atoms with Crippen LogP contribution < -0.4 is 14.8 Å². The summed E-state index contributed by atoms with van der Waals surface area (Å²) in [4.78, 5) is 12.7. The summed E-state index contributed by atoms with van der Waals surface area (Å²) in [6, 6.07) is 10.4. The molecule has 1 saturated heterocycles. The van der Waals surface area contributed by atoms with Crippen LogP contribution in [0.3, 0.4) is 0 Å². The zero-order valence-electron chi connectivity index (χ0n) is 18.6. The Morgan fingerprint density at radius 1 is 1.06 bits per heavy atom. The Morgan fingerprint density at radius 3 is 2.48 bits per heavy atom. The van der Waals surface area contributed by atoms with Crippen molar-refractivity contribution in [3.63, 3.8) is 0 Å². The van der Waals surface area contributed by atoms with Crippen LogP contribution in [0, 0.1) is 5.92 Å². The number of benzene rings is 2. The molecule has 0 saturated carbocycles. The van der Waals surface area contributed by atoms with E-state index in [0.29, 0.717) is 59.5 Å². The Balaban J connectivity index is 1.55. The lowest BCUT2D eigenvalue weighted by Crippen LogP contribution is -2.46. The zero-order chi connectivity index (χ0) is 24.0. The molecule has 1 aliphatic heterocycles. The van der Waals surface area contributed by atoms with E-state index in [2.05, 4.69) is 5.32 Å². The highest BCUT2D eigenvalue weighted by Crippen LogP contribution is 2.28. The molecule has 1 N–H and O–H groups in total. The summed E-state index contributed by atoms with van der Waals surface area (Å²) in [5, 5.41) is 3.63. The number of piperidine rings is 1. The van der Waals surface area contributed by atoms with Crippen LogP contribution in [0.4, 0.5) is 0 Å². The van der Waals surface area contributed by atoms with Crippen LogP contribution in [0.15, 0.2) is 36.4 Å². The summed E-state index contributed by atoms with van der Waals surface area (Å²) in [7, 11) is -0.428. The first-order chi connectivity index (χ1) is 15.7. The van der Waals surface area contributed by atoms with Crippen molar-refractivity contribution >= 4 is 39.1 Å². The number of methoxy groups -OCH3 is 2. The van der Waals surface area contributed by atoms with Gasteiger partial charge in [0.05, 0.1) is 35.9 Å². The highest BCUT2D eigenvalue weighted by Gasteiger charge is 2.32. The van der Waals surface area contributed by atoms with E-state index in [0.717, 1.165) is 5.56 Å². The first-order valence-corrected chi connectivity index (χ1v) is 13.0. The molecule has 0 radical (unpaired) electrons. The Labute approximate surface area is 205 Å². The van der Waals surface area contributed by atoms with Crippen molar-refractivity contribution < 1.29 is 22.7 Å². The van der Waals surface area contributed by atoms with Crippen LogP contribution in [0.1, 0.15) is 24.0 Å². The molecule has 0 spiro atoms. The molecule has 1 atom stereocenters. The highest BCUT2D eigenvalue weighted by molar-refractivity contribution is 7.88. The highest BCUT2D eigenvalue weighted by atomic mass is 35.5. The summed E-state index contributed by atoms with van der Waals surface area (Å²) < 4.78 is 37.8. The second kappa shape index (κ2) is 11.4. The molecule has 0 bridgehead atoms. The molecular weight excluding hydrogens is 487 g/mol. The lowest BCUT2D eigenvalue weighted by atomic mass is 9.99. The van der Waals surface area contributed by atoms with Gasteiger partial charge in [0.2, 0.25) is 15.9 Å². The van der Waals surface area contributed by atoms with Gasteiger partial charge < -0.3 is 14.8 Å². The Kier molecular flexibility index (Phi) is 8.87. The van der Waals surface area contributed by atoms with Crippen LogP contribution in [-0.2, 0) is 27.0 Å². The second-order valence-electron chi connectivity index (χ2n) is 7.93. The van der Waals surface area contributed by atoms with Gasteiger partial charge in [-0.2, -0.15) is 0 Å². The molecule has 0 aliphatic carbocycles. The Bertz CT molecular complexity index is 1090. The van der Waals surface area contributed by atoms with Gasteiger partial charge in [0.25, 0.3) is 0 Å². The molecular formula is C23H28Cl2N2O5S. The molecule has 1 amide bonds. The van der Waals surface area contributed by atoms with E-state index < -0.39 is 10.0 Å². The van der Waals surface area contributed by atoms with Gasteiger partial charge in [-0.05, 0) is 54.7 Å². The summed E-state index contributed by atoms with van der Waals surface area (Å²) in [6.07, 6.45) is 1.91. The monoisotopic (exact) mass is 514 g/mol. The average molecular weight is 515 g/mol. The van der Waals surface area contributed by atoms with Crippen molar-refractivity contribution in [2.24, 2.45) is 5.92 Å². The molecule has 0 aromatic heterocycles. The summed E-state index contributed by atoms with van der Waals surface area (Å²) in [5.41, 5.74) is 1.56. The van der Waals surface area contributed by atoms with Gasteiger partial charge in [0.15, 0.2) is 11.5 Å². The van der Waals surface area contributed by atoms with Crippen molar-refractivity contribution in [3.05, 3.63) is 57.6 Å². The second-order valence-corrected chi connectivity index (χ2v) is 10.7. The first kappa shape index (κ1) is 25.6. The van der Waals surface area contributed by atoms with Gasteiger partial charge in [-0.15, -0.1) is 0 Å². The first-order valence-electron chi connectivity index (χ1n) is 10.6. The largest absolute Gasteiger partial charge is 0.493 e. The van der Waals surface area contributed by atoms with E-state index in [9.17, 15) is 13.2 Å². The molecule has 2 aromatic carbocycles. The van der Waals surface area contributed by atoms with Crippen LogP contribution in [0.25, 0.3) is 0 Å². The molecule has 33 heavy (non-hydrogen) atoms. The molecule has 7 nitrogen and oxygen atoms in total. The quantitative estimate of drug-likeness (QED) is 0.548. The minimum Gasteiger partial charge on any atom is -0.493 e. The maximum absolute atomic E-state index is 12.9. The number of amides is 1. The Morgan fingerprint density at radius 2 is 1.79 bits per heavy atom. The Hall–Kier alpha value is -2.00. The summed E-state index contributed by atoms with van der Waals surface area (Å²) in [5.74, 6) is 0.584. The molecule has 10 heteroatoms. The number of ether oxygens (including phenoxy) is 2. The number of carbonyl (C=O) groups is 1. The minimum atomic E-state index is -3.58. The smallest absolute Gasteiger partial charge is 0.224 e. The lowest BCUT2D eigenvalue weighted by molar-refractivity contribution is -0.126. The standard InChI is InChI=1S/C23H28Cl2N2O5S/c1-31-21-8-6-16(13-22(21)32-2)9-10-26-23(28)18-4-3-11-27(14-18)33(29,30)15-17-5-7-19(24)20(25)12-17/h5-8,12-13,18H,3-4,9-11,14-15H2,1-2H3,(H,26,28)/t18-/m1/s1. The van der Waals surface area contributed by atoms with Gasteiger partial charge in [-0.3, -0.25) is 4.79 Å². The number of hydrogen-bond donors (Lipinski definition) is 1. The number of halogens is 2. The third-order valence-corrected chi connectivity index (χ3v) is 8.20. The fourth-order valence-electron chi connectivity index (χ4n) is 3.85. The fraction of sp³-hybridized carbons (Fsp3) is 0.435. The fourth-order valence-corrected chi connectivity index (χ4v) is 5.77. The molecule has 0 unspecified atom stereocenters. The molecule has 2 aromatic rings. The third-order valence-electron chi connectivity index (χ3n) is 5.64. The van der Waals surface area contributed by atoms with Gasteiger partial charge in [-0.25, -0.2) is 12.7 Å². The minimum absolute atomic E-state index is 0.134. The van der Waals surface area contributed by atoms with Crippen LogP contribution in [0.5, 0.6) is 11.5 Å². The number of hydrogen-bond acceptors (Lipinski definition) is 5. The van der Waals surface area contributed by atoms with Gasteiger partial charge >= 0.3 is 0 Å². The number of nitrogens with one attached hydrogen (secondary N) is 1. The topological polar surface area (TPSA) is 84.9 Å². The van der Waals surface area contributed by atoms with Crippen molar-refractivity contribution in [2.75, 3.05) is 33.9 Å². The van der Waals surface area contributed by atoms with E-state index in [-0.39, 0.29) is 24.1 Å². The van der Waals surface area contributed by atoms with Crippen molar-refractivity contribution in [1.29, 1.82) is 0 Å². The number of rotatable bonds is 9. The van der Waals surface area contributed by atoms with Gasteiger partial charge in [0.1, 0.15) is 0 Å². The maximum Gasteiger partial charge on any atom is 0.224 e. The molecule has 1 heterocycles. The third kappa shape index (κ3) is 6.76. The SMILES string of the molecule is COc1ccc(CCNC(=O)[C@@H]2CCCN(S(=O)(=O)Cc3ccc(Cl)c(Cl)c3)C2)cc1OC. The van der Waals surface area contributed by atoms with Crippen molar-refractivity contribution in [1.82, 2.24) is 9.62 Å². The molecule has 180 valence electrons. The predicted octanol–water partition coefficient (Wildman–Crippen LogP) is 3.91. The molecule has 1 fully saturated rings. The predicted molar refractivity (Wildman–Crippen MR) is 130 cm³/mol. The zero-order valence-corrected chi connectivity index (χ0v) is 21.0. The number of sulfonamides is 1. The average Bonchev–Trinajstić information content (AvgIpc) is 2.81. The van der Waals surface area contributed by atoms with Crippen molar-refractivity contribution in [2.45, 2.75) is 25.0 Å². The van der Waals surface area contributed by atoms with Gasteiger partial charge in [-0.1, -0.05) is 35.3 Å². The normalized spacial score (nSPS) is 16.9. The molecule has 1 aliphatic rings. The lowest BCUT2D eigenvalue weighted by Gasteiger charge is -2.31. The van der Waals surface area contributed by atoms with E-state index in [1.54, 1.807) is 32.4 Å². The number of carbonyl (C=O) groups excluding carboxylic acids is 1. The maximum atomic E-state index is 12.9. The summed E-state index contributed by atoms with van der Waals surface area (Å²) in [6.45, 7) is 1.02.